The molecule has 3 rings (SSSR count). The molecule has 2 aromatic carbocycles. The monoisotopic (exact) mass is 293 g/mol. The van der Waals surface area contributed by atoms with Crippen molar-refractivity contribution < 1.29 is 9.21 Å². The number of hydrogen-bond donors (Lipinski definition) is 1. The summed E-state index contributed by atoms with van der Waals surface area (Å²) in [5.74, 6) is 0.513. The average molecular weight is 293 g/mol. The van der Waals surface area contributed by atoms with Crippen molar-refractivity contribution in [3.63, 3.8) is 0 Å². The van der Waals surface area contributed by atoms with Crippen molar-refractivity contribution in [1.82, 2.24) is 0 Å². The molecule has 1 aromatic heterocycles. The van der Waals surface area contributed by atoms with Crippen molar-refractivity contribution in [2.75, 3.05) is 5.32 Å². The minimum Gasteiger partial charge on any atom is -0.451 e. The molecule has 0 bridgehead atoms. The highest BCUT2D eigenvalue weighted by Gasteiger charge is 2.15. The lowest BCUT2D eigenvalue weighted by molar-refractivity contribution is 0.0998. The van der Waals surface area contributed by atoms with Gasteiger partial charge in [0.05, 0.1) is 0 Å². The first kappa shape index (κ1) is 14.4. The summed E-state index contributed by atoms with van der Waals surface area (Å²) in [4.78, 5) is 12.4. The summed E-state index contributed by atoms with van der Waals surface area (Å²) in [6, 6.07) is 17.3. The standard InChI is InChI=1S/C19H19NO2/c1-3-13(2)15-9-5-6-10-16(15)20-19(21)18-12-14-8-4-7-11-17(14)22-18/h4-13H,3H2,1-2H3,(H,20,21)/t13-/m0/s1. The first-order valence-electron chi connectivity index (χ1n) is 7.58. The van der Waals surface area contributed by atoms with Crippen LogP contribution in [0.2, 0.25) is 0 Å². The molecule has 0 aliphatic heterocycles. The van der Waals surface area contributed by atoms with Gasteiger partial charge in [0.2, 0.25) is 0 Å². The van der Waals surface area contributed by atoms with Crippen molar-refractivity contribution >= 4 is 22.6 Å². The summed E-state index contributed by atoms with van der Waals surface area (Å²) in [5.41, 5.74) is 2.72. The molecule has 22 heavy (non-hydrogen) atoms. The Hall–Kier alpha value is -2.55. The van der Waals surface area contributed by atoms with Gasteiger partial charge < -0.3 is 9.73 Å². The molecule has 0 unspecified atom stereocenters. The van der Waals surface area contributed by atoms with Gasteiger partial charge in [-0.1, -0.05) is 50.2 Å². The number of amides is 1. The highest BCUT2D eigenvalue weighted by Crippen LogP contribution is 2.27. The van der Waals surface area contributed by atoms with E-state index in [1.165, 1.54) is 0 Å². The second-order valence-electron chi connectivity index (χ2n) is 5.50. The van der Waals surface area contributed by atoms with Crippen molar-refractivity contribution in [1.29, 1.82) is 0 Å². The van der Waals surface area contributed by atoms with Crippen molar-refractivity contribution in [2.24, 2.45) is 0 Å². The van der Waals surface area contributed by atoms with E-state index < -0.39 is 0 Å². The van der Waals surface area contributed by atoms with E-state index in [4.69, 9.17) is 4.42 Å². The van der Waals surface area contributed by atoms with E-state index in [9.17, 15) is 4.79 Å². The van der Waals surface area contributed by atoms with Crippen LogP contribution in [-0.4, -0.2) is 5.91 Å². The first-order chi connectivity index (χ1) is 10.7. The lowest BCUT2D eigenvalue weighted by Gasteiger charge is -2.15. The molecule has 1 heterocycles. The maximum absolute atomic E-state index is 12.4. The van der Waals surface area contributed by atoms with Crippen molar-refractivity contribution in [2.45, 2.75) is 26.2 Å². The van der Waals surface area contributed by atoms with Crippen LogP contribution < -0.4 is 5.32 Å². The zero-order valence-electron chi connectivity index (χ0n) is 12.8. The van der Waals surface area contributed by atoms with Crippen LogP contribution in [0.3, 0.4) is 0 Å². The summed E-state index contributed by atoms with van der Waals surface area (Å²) >= 11 is 0. The summed E-state index contributed by atoms with van der Waals surface area (Å²) in [5, 5.41) is 3.90. The number of furan rings is 1. The van der Waals surface area contributed by atoms with Gasteiger partial charge in [0.15, 0.2) is 5.76 Å². The SMILES string of the molecule is CC[C@H](C)c1ccccc1NC(=O)c1cc2ccccc2o1. The van der Waals surface area contributed by atoms with Gasteiger partial charge in [-0.25, -0.2) is 0 Å². The molecule has 0 aliphatic carbocycles. The summed E-state index contributed by atoms with van der Waals surface area (Å²) < 4.78 is 5.62. The number of nitrogens with one attached hydrogen (secondary N) is 1. The van der Waals surface area contributed by atoms with Gasteiger partial charge in [-0.3, -0.25) is 4.79 Å². The summed E-state index contributed by atoms with van der Waals surface area (Å²) in [6.07, 6.45) is 1.03. The van der Waals surface area contributed by atoms with E-state index in [0.717, 1.165) is 28.6 Å². The largest absolute Gasteiger partial charge is 0.451 e. The van der Waals surface area contributed by atoms with Crippen molar-refractivity contribution in [3.05, 3.63) is 65.9 Å². The predicted molar refractivity (Wildman–Crippen MR) is 89.3 cm³/mol. The number of hydrogen-bond acceptors (Lipinski definition) is 2. The molecule has 0 spiro atoms. The molecule has 3 nitrogen and oxygen atoms in total. The summed E-state index contributed by atoms with van der Waals surface area (Å²) in [6.45, 7) is 4.30. The fraction of sp³-hybridized carbons (Fsp3) is 0.211. The number of anilines is 1. The van der Waals surface area contributed by atoms with Gasteiger partial charge in [0, 0.05) is 11.1 Å². The molecule has 0 saturated carbocycles. The fourth-order valence-electron chi connectivity index (χ4n) is 2.54. The van der Waals surface area contributed by atoms with Gasteiger partial charge in [-0.15, -0.1) is 0 Å². The minimum atomic E-state index is -0.216. The smallest absolute Gasteiger partial charge is 0.291 e. The molecule has 1 amide bonds. The van der Waals surface area contributed by atoms with E-state index in [2.05, 4.69) is 25.2 Å². The van der Waals surface area contributed by atoms with E-state index in [1.54, 1.807) is 6.07 Å². The van der Waals surface area contributed by atoms with Gasteiger partial charge >= 0.3 is 0 Å². The Morgan fingerprint density at radius 2 is 1.86 bits per heavy atom. The predicted octanol–water partition coefficient (Wildman–Crippen LogP) is 5.20. The van der Waals surface area contributed by atoms with Crippen LogP contribution in [0, 0.1) is 0 Å². The molecule has 112 valence electrons. The van der Waals surface area contributed by atoms with Gasteiger partial charge in [0.25, 0.3) is 5.91 Å². The Morgan fingerprint density at radius 1 is 1.14 bits per heavy atom. The Balaban J connectivity index is 1.88. The van der Waals surface area contributed by atoms with E-state index >= 15 is 0 Å². The minimum absolute atomic E-state index is 0.216. The summed E-state index contributed by atoms with van der Waals surface area (Å²) in [7, 11) is 0. The molecular formula is C19H19NO2. The van der Waals surface area contributed by atoms with Crippen LogP contribution in [-0.2, 0) is 0 Å². The van der Waals surface area contributed by atoms with Gasteiger partial charge in [0.1, 0.15) is 5.58 Å². The lowest BCUT2D eigenvalue weighted by Crippen LogP contribution is -2.13. The molecule has 0 aliphatic rings. The lowest BCUT2D eigenvalue weighted by atomic mass is 9.97. The second-order valence-corrected chi connectivity index (χ2v) is 5.50. The number of benzene rings is 2. The van der Waals surface area contributed by atoms with E-state index in [1.807, 2.05) is 42.5 Å². The van der Waals surface area contributed by atoms with E-state index in [0.29, 0.717) is 11.7 Å². The second kappa shape index (κ2) is 6.06. The van der Waals surface area contributed by atoms with Crippen LogP contribution in [0.1, 0.15) is 42.3 Å². The van der Waals surface area contributed by atoms with Crippen LogP contribution >= 0.6 is 0 Å². The van der Waals surface area contributed by atoms with Gasteiger partial charge in [-0.05, 0) is 36.1 Å². The molecular weight excluding hydrogens is 274 g/mol. The number of carbonyl (C=O) groups is 1. The first-order valence-corrected chi connectivity index (χ1v) is 7.58. The highest BCUT2D eigenvalue weighted by atomic mass is 16.3. The molecule has 0 fully saturated rings. The van der Waals surface area contributed by atoms with Gasteiger partial charge in [-0.2, -0.15) is 0 Å². The van der Waals surface area contributed by atoms with Crippen LogP contribution in [0.5, 0.6) is 0 Å². The maximum atomic E-state index is 12.4. The van der Waals surface area contributed by atoms with Crippen LogP contribution in [0.15, 0.2) is 59.0 Å². The Bertz CT molecular complexity index is 771. The number of rotatable bonds is 4. The molecule has 3 aromatic rings. The Labute approximate surface area is 130 Å². The third-order valence-electron chi connectivity index (χ3n) is 4.00. The normalized spacial score (nSPS) is 12.3. The van der Waals surface area contributed by atoms with Crippen LogP contribution in [0.25, 0.3) is 11.0 Å². The highest BCUT2D eigenvalue weighted by molar-refractivity contribution is 6.05. The molecule has 1 N–H and O–H groups in total. The van der Waals surface area contributed by atoms with E-state index in [-0.39, 0.29) is 5.91 Å². The Kier molecular flexibility index (Phi) is 3.96. The Morgan fingerprint density at radius 3 is 2.64 bits per heavy atom. The number of para-hydroxylation sites is 2. The van der Waals surface area contributed by atoms with Crippen molar-refractivity contribution in [3.8, 4) is 0 Å². The molecule has 1 atom stereocenters. The third-order valence-corrected chi connectivity index (χ3v) is 4.00. The molecule has 0 radical (unpaired) electrons. The maximum Gasteiger partial charge on any atom is 0.291 e. The molecule has 0 saturated heterocycles. The quantitative estimate of drug-likeness (QED) is 0.718. The zero-order valence-corrected chi connectivity index (χ0v) is 12.8. The van der Waals surface area contributed by atoms with Crippen LogP contribution in [0.4, 0.5) is 5.69 Å². The number of fused-ring (bicyclic) bond motifs is 1. The molecule has 3 heteroatoms. The number of carbonyl (C=O) groups excluding carboxylic acids is 1. The zero-order chi connectivity index (χ0) is 15.5. The topological polar surface area (TPSA) is 42.2 Å². The third kappa shape index (κ3) is 2.75. The fourth-order valence-corrected chi connectivity index (χ4v) is 2.54. The average Bonchev–Trinajstić information content (AvgIpc) is 2.99.